The molecule has 0 saturated carbocycles. The predicted octanol–water partition coefficient (Wildman–Crippen LogP) is 1.26. The molecule has 1 unspecified atom stereocenters. The molecule has 0 rings (SSSR count). The number of nitrogens with zero attached hydrogens (tertiary/aromatic N) is 1. The van der Waals surface area contributed by atoms with Crippen LogP contribution < -0.4 is 5.32 Å². The van der Waals surface area contributed by atoms with E-state index in [0.29, 0.717) is 0 Å². The van der Waals surface area contributed by atoms with E-state index in [0.717, 1.165) is 6.42 Å². The van der Waals surface area contributed by atoms with Gasteiger partial charge in [-0.1, -0.05) is 0 Å². The first-order chi connectivity index (χ1) is 7.19. The van der Waals surface area contributed by atoms with Gasteiger partial charge < -0.3 is 15.0 Å². The maximum atomic E-state index is 11.6. The molecule has 0 aliphatic carbocycles. The van der Waals surface area contributed by atoms with Crippen molar-refractivity contribution in [3.05, 3.63) is 0 Å². The van der Waals surface area contributed by atoms with E-state index in [2.05, 4.69) is 12.2 Å². The van der Waals surface area contributed by atoms with Crippen LogP contribution in [0.25, 0.3) is 0 Å². The van der Waals surface area contributed by atoms with E-state index in [9.17, 15) is 4.79 Å². The number of hydrogen-bond donors (Lipinski definition) is 1. The summed E-state index contributed by atoms with van der Waals surface area (Å²) in [6, 6.07) is 0.0894. The molecule has 0 bridgehead atoms. The van der Waals surface area contributed by atoms with Crippen molar-refractivity contribution >= 4 is 5.91 Å². The second kappa shape index (κ2) is 6.21. The average molecular weight is 230 g/mol. The quantitative estimate of drug-likeness (QED) is 0.747. The number of amides is 1. The van der Waals surface area contributed by atoms with Gasteiger partial charge in [0.15, 0.2) is 0 Å². The normalized spacial score (nSPS) is 15.7. The van der Waals surface area contributed by atoms with Gasteiger partial charge in [-0.15, -0.1) is 0 Å². The van der Waals surface area contributed by atoms with Crippen LogP contribution >= 0.6 is 0 Å². The van der Waals surface area contributed by atoms with Crippen molar-refractivity contribution in [1.82, 2.24) is 10.2 Å². The highest BCUT2D eigenvalue weighted by atomic mass is 16.5. The molecule has 96 valence electrons. The molecule has 0 fully saturated rings. The van der Waals surface area contributed by atoms with Gasteiger partial charge >= 0.3 is 0 Å². The van der Waals surface area contributed by atoms with Crippen LogP contribution in [-0.4, -0.2) is 49.7 Å². The first kappa shape index (κ1) is 15.4. The van der Waals surface area contributed by atoms with E-state index in [1.807, 2.05) is 20.8 Å². The smallest absolute Gasteiger partial charge is 0.238 e. The number of carbonyl (C=O) groups is 1. The van der Waals surface area contributed by atoms with Crippen molar-refractivity contribution in [2.45, 2.75) is 51.8 Å². The number of carbonyl (C=O) groups excluding carboxylic acids is 1. The summed E-state index contributed by atoms with van der Waals surface area (Å²) < 4.78 is 5.36. The summed E-state index contributed by atoms with van der Waals surface area (Å²) in [5, 5.41) is 3.28. The monoisotopic (exact) mass is 230 g/mol. The van der Waals surface area contributed by atoms with Crippen molar-refractivity contribution in [2.24, 2.45) is 0 Å². The van der Waals surface area contributed by atoms with E-state index >= 15 is 0 Å². The van der Waals surface area contributed by atoms with Crippen LogP contribution in [0.1, 0.15) is 34.1 Å². The molecule has 2 atom stereocenters. The minimum absolute atomic E-state index is 0.0991. The lowest BCUT2D eigenvalue weighted by Crippen LogP contribution is -2.47. The van der Waals surface area contributed by atoms with Gasteiger partial charge in [-0.3, -0.25) is 4.79 Å². The topological polar surface area (TPSA) is 41.6 Å². The van der Waals surface area contributed by atoms with Crippen LogP contribution in [0.3, 0.4) is 0 Å². The molecule has 0 saturated heterocycles. The first-order valence-corrected chi connectivity index (χ1v) is 5.72. The molecule has 0 spiro atoms. The van der Waals surface area contributed by atoms with Crippen molar-refractivity contribution in [3.63, 3.8) is 0 Å². The van der Waals surface area contributed by atoms with Gasteiger partial charge in [-0.05, 0) is 34.1 Å². The standard InChI is InChI=1S/C12H26N2O2/c1-9(8-12(3,4)16-7)13-10(2)11(15)14(5)6/h9-10,13H,8H2,1-7H3/t9?,10-/m1/s1. The van der Waals surface area contributed by atoms with Crippen molar-refractivity contribution < 1.29 is 9.53 Å². The zero-order valence-electron chi connectivity index (χ0n) is 11.6. The average Bonchev–Trinajstić information content (AvgIpc) is 2.15. The Kier molecular flexibility index (Phi) is 5.97. The molecule has 0 heterocycles. The van der Waals surface area contributed by atoms with Crippen molar-refractivity contribution in [2.75, 3.05) is 21.2 Å². The Morgan fingerprint density at radius 3 is 2.25 bits per heavy atom. The molecule has 0 aromatic heterocycles. The maximum Gasteiger partial charge on any atom is 0.238 e. The summed E-state index contributed by atoms with van der Waals surface area (Å²) in [4.78, 5) is 13.2. The van der Waals surface area contributed by atoms with E-state index in [4.69, 9.17) is 4.74 Å². The molecule has 0 radical (unpaired) electrons. The number of rotatable bonds is 6. The summed E-state index contributed by atoms with van der Waals surface area (Å²) in [6.07, 6.45) is 0.870. The third-order valence-corrected chi connectivity index (χ3v) is 2.70. The van der Waals surface area contributed by atoms with Gasteiger partial charge in [0.2, 0.25) is 5.91 Å². The van der Waals surface area contributed by atoms with Crippen molar-refractivity contribution in [3.8, 4) is 0 Å². The number of nitrogens with one attached hydrogen (secondary N) is 1. The van der Waals surface area contributed by atoms with Crippen LogP contribution in [0.4, 0.5) is 0 Å². The number of ether oxygens (including phenoxy) is 1. The van der Waals surface area contributed by atoms with Gasteiger partial charge in [0, 0.05) is 27.2 Å². The summed E-state index contributed by atoms with van der Waals surface area (Å²) in [5.41, 5.74) is -0.159. The molecule has 16 heavy (non-hydrogen) atoms. The maximum absolute atomic E-state index is 11.6. The Labute approximate surface area is 99.3 Å². The summed E-state index contributed by atoms with van der Waals surface area (Å²) in [7, 11) is 5.25. The molecule has 4 nitrogen and oxygen atoms in total. The lowest BCUT2D eigenvalue weighted by molar-refractivity contribution is -0.130. The zero-order chi connectivity index (χ0) is 12.9. The van der Waals surface area contributed by atoms with Gasteiger partial charge in [-0.25, -0.2) is 0 Å². The highest BCUT2D eigenvalue weighted by Gasteiger charge is 2.23. The molecular formula is C12H26N2O2. The van der Waals surface area contributed by atoms with Gasteiger partial charge in [0.25, 0.3) is 0 Å². The summed E-state index contributed by atoms with van der Waals surface area (Å²) in [5.74, 6) is 0.0991. The first-order valence-electron chi connectivity index (χ1n) is 5.72. The third kappa shape index (κ3) is 5.47. The van der Waals surface area contributed by atoms with Crippen molar-refractivity contribution in [1.29, 1.82) is 0 Å². The lowest BCUT2D eigenvalue weighted by Gasteiger charge is -2.29. The van der Waals surface area contributed by atoms with E-state index in [1.54, 1.807) is 26.1 Å². The fraction of sp³-hybridized carbons (Fsp3) is 0.917. The van der Waals surface area contributed by atoms with E-state index in [-0.39, 0.29) is 23.6 Å². The van der Waals surface area contributed by atoms with Gasteiger partial charge in [-0.2, -0.15) is 0 Å². The Morgan fingerprint density at radius 2 is 1.88 bits per heavy atom. The molecule has 0 aliphatic rings. The Bertz CT molecular complexity index is 227. The summed E-state index contributed by atoms with van der Waals surface area (Å²) >= 11 is 0. The second-order valence-corrected chi connectivity index (χ2v) is 5.19. The highest BCUT2D eigenvalue weighted by Crippen LogP contribution is 2.15. The van der Waals surface area contributed by atoms with Gasteiger partial charge in [0.05, 0.1) is 11.6 Å². The van der Waals surface area contributed by atoms with Crippen LogP contribution in [0, 0.1) is 0 Å². The molecule has 1 N–H and O–H groups in total. The van der Waals surface area contributed by atoms with Crippen LogP contribution in [0.15, 0.2) is 0 Å². The molecular weight excluding hydrogens is 204 g/mol. The Hall–Kier alpha value is -0.610. The summed E-state index contributed by atoms with van der Waals surface area (Å²) in [6.45, 7) is 8.05. The number of likely N-dealkylation sites (N-methyl/N-ethyl adjacent to an activating group) is 1. The van der Waals surface area contributed by atoms with Crippen LogP contribution in [0.5, 0.6) is 0 Å². The SMILES string of the molecule is COC(C)(C)CC(C)N[C@H](C)C(=O)N(C)C. The largest absolute Gasteiger partial charge is 0.379 e. The van der Waals surface area contributed by atoms with E-state index < -0.39 is 0 Å². The number of methoxy groups -OCH3 is 1. The third-order valence-electron chi connectivity index (χ3n) is 2.70. The molecule has 4 heteroatoms. The Morgan fingerprint density at radius 1 is 1.38 bits per heavy atom. The Balaban J connectivity index is 4.15. The fourth-order valence-electron chi connectivity index (χ4n) is 1.76. The zero-order valence-corrected chi connectivity index (χ0v) is 11.6. The molecule has 0 aromatic rings. The minimum atomic E-state index is -0.159. The molecule has 0 aromatic carbocycles. The lowest BCUT2D eigenvalue weighted by atomic mass is 9.99. The predicted molar refractivity (Wildman–Crippen MR) is 66.5 cm³/mol. The highest BCUT2D eigenvalue weighted by molar-refractivity contribution is 5.80. The number of hydrogen-bond acceptors (Lipinski definition) is 3. The van der Waals surface area contributed by atoms with Gasteiger partial charge in [0.1, 0.15) is 0 Å². The minimum Gasteiger partial charge on any atom is -0.379 e. The second-order valence-electron chi connectivity index (χ2n) is 5.19. The van der Waals surface area contributed by atoms with E-state index in [1.165, 1.54) is 0 Å². The molecule has 0 aliphatic heterocycles. The molecule has 1 amide bonds. The van der Waals surface area contributed by atoms with Crippen LogP contribution in [-0.2, 0) is 9.53 Å². The fourth-order valence-corrected chi connectivity index (χ4v) is 1.76. The van der Waals surface area contributed by atoms with Crippen LogP contribution in [0.2, 0.25) is 0 Å².